The molecular weight excluding hydrogens is 240 g/mol. The van der Waals surface area contributed by atoms with Gasteiger partial charge >= 0.3 is 0 Å². The highest BCUT2D eigenvalue weighted by molar-refractivity contribution is 5.89. The van der Waals surface area contributed by atoms with Crippen LogP contribution in [0, 0.1) is 0 Å². The quantitative estimate of drug-likeness (QED) is 0.720. The molecule has 0 spiro atoms. The molecule has 0 aliphatic heterocycles. The topological polar surface area (TPSA) is 76.1 Å². The van der Waals surface area contributed by atoms with Crippen molar-refractivity contribution >= 4 is 22.3 Å². The summed E-state index contributed by atoms with van der Waals surface area (Å²) in [6.45, 7) is 0. The van der Waals surface area contributed by atoms with E-state index in [0.29, 0.717) is 6.04 Å². The molecule has 2 aromatic rings. The Labute approximate surface area is 112 Å². The second kappa shape index (κ2) is 4.74. The normalized spacial score (nSPS) is 23.7. The van der Waals surface area contributed by atoms with Gasteiger partial charge in [-0.1, -0.05) is 0 Å². The molecule has 2 atom stereocenters. The average Bonchev–Trinajstić information content (AvgIpc) is 2.71. The van der Waals surface area contributed by atoms with Gasteiger partial charge in [-0.2, -0.15) is 5.10 Å². The molecule has 0 radical (unpaired) electrons. The highest BCUT2D eigenvalue weighted by atomic mass is 16.3. The van der Waals surface area contributed by atoms with E-state index in [1.807, 2.05) is 30.1 Å². The minimum atomic E-state index is -0.187. The number of fused-ring (bicyclic) bond motifs is 1. The van der Waals surface area contributed by atoms with Gasteiger partial charge in [0.1, 0.15) is 0 Å². The molecule has 4 N–H and O–H groups in total. The Morgan fingerprint density at radius 3 is 3.05 bits per heavy atom. The van der Waals surface area contributed by atoms with Crippen LogP contribution in [0.25, 0.3) is 10.9 Å². The molecule has 0 amide bonds. The summed E-state index contributed by atoms with van der Waals surface area (Å²) in [4.78, 5) is 0. The van der Waals surface area contributed by atoms with Crippen molar-refractivity contribution in [2.75, 3.05) is 11.1 Å². The maximum absolute atomic E-state index is 9.72. The van der Waals surface area contributed by atoms with Gasteiger partial charge in [-0.15, -0.1) is 0 Å². The van der Waals surface area contributed by atoms with E-state index in [1.165, 1.54) is 0 Å². The third-order valence-corrected chi connectivity index (χ3v) is 3.92. The number of nitrogens with zero attached hydrogens (tertiary/aromatic N) is 2. The van der Waals surface area contributed by atoms with E-state index in [9.17, 15) is 5.11 Å². The number of nitrogen functional groups attached to an aromatic ring is 1. The standard InChI is InChI=1S/C14H20N4O/c1-18-14-7-13(12(15)5-9(14)8-16-18)17-10-3-2-4-11(19)6-10/h5,7-8,10-11,17,19H,2-4,6,15H2,1H3. The summed E-state index contributed by atoms with van der Waals surface area (Å²) in [7, 11) is 1.92. The summed E-state index contributed by atoms with van der Waals surface area (Å²) in [6.07, 6.45) is 5.48. The predicted molar refractivity (Wildman–Crippen MR) is 77.0 cm³/mol. The zero-order valence-electron chi connectivity index (χ0n) is 11.1. The van der Waals surface area contributed by atoms with E-state index in [2.05, 4.69) is 10.4 Å². The van der Waals surface area contributed by atoms with Crippen molar-refractivity contribution in [1.82, 2.24) is 9.78 Å². The molecule has 1 heterocycles. The van der Waals surface area contributed by atoms with Gasteiger partial charge < -0.3 is 16.2 Å². The maximum Gasteiger partial charge on any atom is 0.0701 e. The Hall–Kier alpha value is -1.75. The molecule has 5 nitrogen and oxygen atoms in total. The molecule has 1 aliphatic carbocycles. The van der Waals surface area contributed by atoms with E-state index in [4.69, 9.17) is 5.73 Å². The van der Waals surface area contributed by atoms with Crippen molar-refractivity contribution < 1.29 is 5.11 Å². The van der Waals surface area contributed by atoms with Crippen LogP contribution in [-0.2, 0) is 7.05 Å². The van der Waals surface area contributed by atoms with Gasteiger partial charge in [0.05, 0.1) is 29.2 Å². The van der Waals surface area contributed by atoms with Gasteiger partial charge in [0.25, 0.3) is 0 Å². The van der Waals surface area contributed by atoms with Crippen LogP contribution in [0.1, 0.15) is 25.7 Å². The lowest BCUT2D eigenvalue weighted by Gasteiger charge is -2.28. The van der Waals surface area contributed by atoms with Crippen molar-refractivity contribution in [3.63, 3.8) is 0 Å². The second-order valence-electron chi connectivity index (χ2n) is 5.43. The Balaban J connectivity index is 1.87. The number of aryl methyl sites for hydroxylation is 1. The van der Waals surface area contributed by atoms with Gasteiger partial charge in [-0.05, 0) is 37.8 Å². The predicted octanol–water partition coefficient (Wildman–Crippen LogP) is 1.87. The monoisotopic (exact) mass is 260 g/mol. The number of rotatable bonds is 2. The SMILES string of the molecule is Cn1ncc2cc(N)c(NC3CCCC(O)C3)cc21. The van der Waals surface area contributed by atoms with Crippen LogP contribution in [0.2, 0.25) is 0 Å². The third kappa shape index (κ3) is 2.38. The molecule has 1 aromatic heterocycles. The fourth-order valence-electron chi connectivity index (χ4n) is 2.86. The first-order chi connectivity index (χ1) is 9.13. The van der Waals surface area contributed by atoms with E-state index in [0.717, 1.165) is 48.0 Å². The number of anilines is 2. The number of aliphatic hydroxyl groups excluding tert-OH is 1. The number of hydrogen-bond acceptors (Lipinski definition) is 4. The number of nitrogens with one attached hydrogen (secondary N) is 1. The first-order valence-corrected chi connectivity index (χ1v) is 6.79. The minimum absolute atomic E-state index is 0.187. The van der Waals surface area contributed by atoms with Crippen LogP contribution in [0.3, 0.4) is 0 Å². The van der Waals surface area contributed by atoms with Gasteiger partial charge in [0, 0.05) is 18.5 Å². The van der Waals surface area contributed by atoms with Crippen LogP contribution in [0.5, 0.6) is 0 Å². The molecule has 3 rings (SSSR count). The molecule has 2 unspecified atom stereocenters. The average molecular weight is 260 g/mol. The molecule has 102 valence electrons. The summed E-state index contributed by atoms with van der Waals surface area (Å²) in [5.41, 5.74) is 8.83. The molecule has 5 heteroatoms. The van der Waals surface area contributed by atoms with E-state index in [1.54, 1.807) is 0 Å². The summed E-state index contributed by atoms with van der Waals surface area (Å²) >= 11 is 0. The summed E-state index contributed by atoms with van der Waals surface area (Å²) in [5, 5.41) is 18.5. The lowest BCUT2D eigenvalue weighted by Crippen LogP contribution is -2.30. The molecular formula is C14H20N4O. The van der Waals surface area contributed by atoms with E-state index < -0.39 is 0 Å². The smallest absolute Gasteiger partial charge is 0.0701 e. The van der Waals surface area contributed by atoms with Crippen molar-refractivity contribution in [1.29, 1.82) is 0 Å². The number of aromatic nitrogens is 2. The Bertz CT molecular complexity index is 592. The third-order valence-electron chi connectivity index (χ3n) is 3.92. The zero-order chi connectivity index (χ0) is 13.4. The minimum Gasteiger partial charge on any atom is -0.397 e. The van der Waals surface area contributed by atoms with Gasteiger partial charge in [-0.25, -0.2) is 0 Å². The molecule has 1 fully saturated rings. The number of nitrogens with two attached hydrogens (primary N) is 1. The summed E-state index contributed by atoms with van der Waals surface area (Å²) in [5.74, 6) is 0. The van der Waals surface area contributed by atoms with E-state index in [-0.39, 0.29) is 6.10 Å². The van der Waals surface area contributed by atoms with Crippen LogP contribution < -0.4 is 11.1 Å². The van der Waals surface area contributed by atoms with Crippen molar-refractivity contribution in [2.24, 2.45) is 7.05 Å². The zero-order valence-corrected chi connectivity index (χ0v) is 11.1. The first-order valence-electron chi connectivity index (χ1n) is 6.79. The van der Waals surface area contributed by atoms with Crippen LogP contribution >= 0.6 is 0 Å². The molecule has 0 saturated heterocycles. The molecule has 19 heavy (non-hydrogen) atoms. The number of hydrogen-bond donors (Lipinski definition) is 3. The van der Waals surface area contributed by atoms with E-state index >= 15 is 0 Å². The molecule has 1 saturated carbocycles. The molecule has 0 bridgehead atoms. The van der Waals surface area contributed by atoms with Crippen LogP contribution in [-0.4, -0.2) is 27.0 Å². The van der Waals surface area contributed by atoms with Crippen LogP contribution in [0.15, 0.2) is 18.3 Å². The fraction of sp³-hybridized carbons (Fsp3) is 0.500. The van der Waals surface area contributed by atoms with Gasteiger partial charge in [0.2, 0.25) is 0 Å². The Kier molecular flexibility index (Phi) is 3.06. The van der Waals surface area contributed by atoms with Crippen molar-refractivity contribution in [3.8, 4) is 0 Å². The summed E-state index contributed by atoms with van der Waals surface area (Å²) < 4.78 is 1.84. The lowest BCUT2D eigenvalue weighted by atomic mass is 9.93. The highest BCUT2D eigenvalue weighted by Gasteiger charge is 2.20. The van der Waals surface area contributed by atoms with Gasteiger partial charge in [-0.3, -0.25) is 4.68 Å². The lowest BCUT2D eigenvalue weighted by molar-refractivity contribution is 0.124. The largest absolute Gasteiger partial charge is 0.397 e. The number of aliphatic hydroxyl groups is 1. The van der Waals surface area contributed by atoms with Gasteiger partial charge in [0.15, 0.2) is 0 Å². The van der Waals surface area contributed by atoms with Crippen molar-refractivity contribution in [2.45, 2.75) is 37.8 Å². The maximum atomic E-state index is 9.72. The first kappa shape index (κ1) is 12.3. The Morgan fingerprint density at radius 1 is 1.42 bits per heavy atom. The second-order valence-corrected chi connectivity index (χ2v) is 5.43. The highest BCUT2D eigenvalue weighted by Crippen LogP contribution is 2.29. The summed E-state index contributed by atoms with van der Waals surface area (Å²) in [6, 6.07) is 4.29. The Morgan fingerprint density at radius 2 is 2.26 bits per heavy atom. The van der Waals surface area contributed by atoms with Crippen LogP contribution in [0.4, 0.5) is 11.4 Å². The fourth-order valence-corrected chi connectivity index (χ4v) is 2.86. The molecule has 1 aromatic carbocycles. The van der Waals surface area contributed by atoms with Crippen molar-refractivity contribution in [3.05, 3.63) is 18.3 Å². The number of benzene rings is 1. The molecule has 1 aliphatic rings.